The van der Waals surface area contributed by atoms with Crippen molar-refractivity contribution >= 4 is 21.8 Å². The lowest BCUT2D eigenvalue weighted by atomic mass is 10.1. The second kappa shape index (κ2) is 7.11. The molecule has 0 radical (unpaired) electrons. The van der Waals surface area contributed by atoms with Gasteiger partial charge in [-0.2, -0.15) is 0 Å². The summed E-state index contributed by atoms with van der Waals surface area (Å²) in [6.07, 6.45) is 2.92. The van der Waals surface area contributed by atoms with E-state index in [9.17, 15) is 18.0 Å². The summed E-state index contributed by atoms with van der Waals surface area (Å²) in [6, 6.07) is -0.271. The van der Waals surface area contributed by atoms with Gasteiger partial charge in [0.15, 0.2) is 9.84 Å². The normalized spacial score (nSPS) is 24.3. The van der Waals surface area contributed by atoms with E-state index in [-0.39, 0.29) is 29.4 Å². The van der Waals surface area contributed by atoms with Crippen molar-refractivity contribution in [2.75, 3.05) is 37.7 Å². The fourth-order valence-electron chi connectivity index (χ4n) is 2.74. The quantitative estimate of drug-likeness (QED) is 0.659. The maximum absolute atomic E-state index is 11.6. The standard InChI is InChI=1S/C13H23N3O4S/c17-12-3-1-6-16(12)7-2-5-14-13(18)15-9-11-4-8-21(19,20)10-11/h11H,1-10H2,(H2,14,15,18)/t11-/m0/s1. The Morgan fingerprint density at radius 3 is 2.76 bits per heavy atom. The third kappa shape index (κ3) is 5.18. The number of hydrogen-bond donors (Lipinski definition) is 2. The number of amides is 3. The first-order valence-corrected chi connectivity index (χ1v) is 9.28. The maximum atomic E-state index is 11.6. The maximum Gasteiger partial charge on any atom is 0.314 e. The van der Waals surface area contributed by atoms with Crippen molar-refractivity contribution in [3.05, 3.63) is 0 Å². The summed E-state index contributed by atoms with van der Waals surface area (Å²) in [4.78, 5) is 24.8. The molecule has 21 heavy (non-hydrogen) atoms. The number of nitrogens with zero attached hydrogens (tertiary/aromatic N) is 1. The van der Waals surface area contributed by atoms with Gasteiger partial charge in [0.1, 0.15) is 0 Å². The lowest BCUT2D eigenvalue weighted by Crippen LogP contribution is -2.39. The highest BCUT2D eigenvalue weighted by Gasteiger charge is 2.27. The van der Waals surface area contributed by atoms with E-state index in [2.05, 4.69) is 10.6 Å². The van der Waals surface area contributed by atoms with Gasteiger partial charge in [0.2, 0.25) is 5.91 Å². The molecule has 2 rings (SSSR count). The molecule has 0 bridgehead atoms. The molecule has 120 valence electrons. The summed E-state index contributed by atoms with van der Waals surface area (Å²) in [7, 11) is -2.89. The number of carbonyl (C=O) groups excluding carboxylic acids is 2. The van der Waals surface area contributed by atoms with E-state index in [1.165, 1.54) is 0 Å². The first-order chi connectivity index (χ1) is 9.96. The molecule has 2 saturated heterocycles. The van der Waals surface area contributed by atoms with Crippen LogP contribution >= 0.6 is 0 Å². The molecule has 0 spiro atoms. The molecule has 0 aromatic rings. The van der Waals surface area contributed by atoms with Gasteiger partial charge in [0.05, 0.1) is 11.5 Å². The zero-order valence-electron chi connectivity index (χ0n) is 12.1. The minimum absolute atomic E-state index is 0.0305. The smallest absolute Gasteiger partial charge is 0.314 e. The predicted molar refractivity (Wildman–Crippen MR) is 78.6 cm³/mol. The monoisotopic (exact) mass is 317 g/mol. The third-order valence-corrected chi connectivity index (χ3v) is 5.78. The van der Waals surface area contributed by atoms with Crippen LogP contribution in [-0.2, 0) is 14.6 Å². The Bertz CT molecular complexity index is 492. The van der Waals surface area contributed by atoms with Crippen LogP contribution in [0.15, 0.2) is 0 Å². The molecule has 0 unspecified atom stereocenters. The number of likely N-dealkylation sites (tertiary alicyclic amines) is 1. The molecule has 0 saturated carbocycles. The Hall–Kier alpha value is -1.31. The van der Waals surface area contributed by atoms with Crippen molar-refractivity contribution in [3.63, 3.8) is 0 Å². The molecule has 2 aliphatic rings. The average Bonchev–Trinajstić information content (AvgIpc) is 2.98. The van der Waals surface area contributed by atoms with E-state index < -0.39 is 9.84 Å². The fourth-order valence-corrected chi connectivity index (χ4v) is 4.61. The van der Waals surface area contributed by atoms with E-state index in [0.29, 0.717) is 32.5 Å². The second-order valence-corrected chi connectivity index (χ2v) is 7.97. The minimum atomic E-state index is -2.89. The van der Waals surface area contributed by atoms with Gasteiger partial charge >= 0.3 is 6.03 Å². The summed E-state index contributed by atoms with van der Waals surface area (Å²) >= 11 is 0. The first-order valence-electron chi connectivity index (χ1n) is 7.46. The van der Waals surface area contributed by atoms with Crippen LogP contribution in [-0.4, -0.2) is 62.9 Å². The van der Waals surface area contributed by atoms with E-state index in [4.69, 9.17) is 0 Å². The van der Waals surface area contributed by atoms with Gasteiger partial charge in [-0.1, -0.05) is 0 Å². The van der Waals surface area contributed by atoms with Gasteiger partial charge in [-0.05, 0) is 25.2 Å². The number of sulfone groups is 1. The summed E-state index contributed by atoms with van der Waals surface area (Å²) in [6.45, 7) is 2.41. The van der Waals surface area contributed by atoms with Crippen molar-refractivity contribution in [2.45, 2.75) is 25.7 Å². The van der Waals surface area contributed by atoms with Crippen LogP contribution in [0, 0.1) is 5.92 Å². The van der Waals surface area contributed by atoms with Crippen LogP contribution in [0.4, 0.5) is 4.79 Å². The molecule has 0 aliphatic carbocycles. The molecule has 0 aromatic carbocycles. The lowest BCUT2D eigenvalue weighted by Gasteiger charge is -2.15. The number of rotatable bonds is 6. The molecule has 0 aromatic heterocycles. The van der Waals surface area contributed by atoms with Gasteiger partial charge in [0, 0.05) is 32.6 Å². The summed E-state index contributed by atoms with van der Waals surface area (Å²) in [5.74, 6) is 0.625. The van der Waals surface area contributed by atoms with Crippen LogP contribution in [0.25, 0.3) is 0 Å². The Balaban J connectivity index is 1.53. The number of urea groups is 1. The van der Waals surface area contributed by atoms with Crippen molar-refractivity contribution in [3.8, 4) is 0 Å². The Kier molecular flexibility index (Phi) is 5.44. The molecule has 2 N–H and O–H groups in total. The third-order valence-electron chi connectivity index (χ3n) is 3.94. The van der Waals surface area contributed by atoms with E-state index in [1.54, 1.807) is 0 Å². The molecular formula is C13H23N3O4S. The van der Waals surface area contributed by atoms with E-state index >= 15 is 0 Å². The minimum Gasteiger partial charge on any atom is -0.343 e. The van der Waals surface area contributed by atoms with Crippen molar-refractivity contribution in [1.82, 2.24) is 15.5 Å². The van der Waals surface area contributed by atoms with Crippen LogP contribution in [0.5, 0.6) is 0 Å². The molecule has 7 nitrogen and oxygen atoms in total. The zero-order valence-corrected chi connectivity index (χ0v) is 13.0. The Morgan fingerprint density at radius 2 is 2.14 bits per heavy atom. The number of hydrogen-bond acceptors (Lipinski definition) is 4. The molecule has 2 heterocycles. The molecule has 1 atom stereocenters. The van der Waals surface area contributed by atoms with Gasteiger partial charge in [-0.3, -0.25) is 4.79 Å². The lowest BCUT2D eigenvalue weighted by molar-refractivity contribution is -0.127. The SMILES string of the molecule is O=C(NCCCN1CCCC1=O)NC[C@@H]1CCS(=O)(=O)C1. The van der Waals surface area contributed by atoms with Gasteiger partial charge < -0.3 is 15.5 Å². The Labute approximate surface area is 125 Å². The largest absolute Gasteiger partial charge is 0.343 e. The first kappa shape index (κ1) is 16.1. The van der Waals surface area contributed by atoms with E-state index in [0.717, 1.165) is 19.4 Å². The van der Waals surface area contributed by atoms with Gasteiger partial charge in [0.25, 0.3) is 0 Å². The van der Waals surface area contributed by atoms with Crippen molar-refractivity contribution < 1.29 is 18.0 Å². The average molecular weight is 317 g/mol. The topological polar surface area (TPSA) is 95.6 Å². The summed E-state index contributed by atoms with van der Waals surface area (Å²) in [5, 5.41) is 5.43. The predicted octanol–water partition coefficient (Wildman–Crippen LogP) is -0.267. The van der Waals surface area contributed by atoms with Crippen molar-refractivity contribution in [2.24, 2.45) is 5.92 Å². The molecule has 8 heteroatoms. The summed E-state index contributed by atoms with van der Waals surface area (Å²) < 4.78 is 22.6. The van der Waals surface area contributed by atoms with Crippen LogP contribution in [0.3, 0.4) is 0 Å². The Morgan fingerprint density at radius 1 is 1.33 bits per heavy atom. The number of nitrogens with one attached hydrogen (secondary N) is 2. The fraction of sp³-hybridized carbons (Fsp3) is 0.846. The number of carbonyl (C=O) groups is 2. The van der Waals surface area contributed by atoms with Crippen LogP contribution in [0.1, 0.15) is 25.7 Å². The van der Waals surface area contributed by atoms with Crippen LogP contribution in [0.2, 0.25) is 0 Å². The van der Waals surface area contributed by atoms with Gasteiger partial charge in [-0.15, -0.1) is 0 Å². The zero-order chi connectivity index (χ0) is 15.3. The highest BCUT2D eigenvalue weighted by molar-refractivity contribution is 7.91. The van der Waals surface area contributed by atoms with Crippen molar-refractivity contribution in [1.29, 1.82) is 0 Å². The second-order valence-electron chi connectivity index (χ2n) is 5.74. The highest BCUT2D eigenvalue weighted by atomic mass is 32.2. The summed E-state index contributed by atoms with van der Waals surface area (Å²) in [5.41, 5.74) is 0. The molecule has 2 fully saturated rings. The van der Waals surface area contributed by atoms with Crippen LogP contribution < -0.4 is 10.6 Å². The van der Waals surface area contributed by atoms with E-state index in [1.807, 2.05) is 4.90 Å². The highest BCUT2D eigenvalue weighted by Crippen LogP contribution is 2.17. The molecule has 2 aliphatic heterocycles. The molecule has 3 amide bonds. The van der Waals surface area contributed by atoms with Gasteiger partial charge in [-0.25, -0.2) is 13.2 Å². The molecular weight excluding hydrogens is 294 g/mol.